The summed E-state index contributed by atoms with van der Waals surface area (Å²) in [6.45, 7) is 3.94. The van der Waals surface area contributed by atoms with Crippen LogP contribution < -0.4 is 4.74 Å². The third-order valence-electron chi connectivity index (χ3n) is 4.10. The Bertz CT molecular complexity index is 805. The normalized spacial score (nSPS) is 17.3. The number of hydrogen-bond donors (Lipinski definition) is 1. The quantitative estimate of drug-likeness (QED) is 0.873. The van der Waals surface area contributed by atoms with E-state index in [0.29, 0.717) is 18.1 Å². The van der Waals surface area contributed by atoms with E-state index < -0.39 is 17.7 Å². The molecule has 1 aliphatic heterocycles. The third-order valence-corrected chi connectivity index (χ3v) is 4.10. The second kappa shape index (κ2) is 6.84. The number of furan rings is 1. The zero-order valence-corrected chi connectivity index (χ0v) is 14.1. The lowest BCUT2D eigenvalue weighted by atomic mass is 9.96. The molecule has 1 aromatic carbocycles. The van der Waals surface area contributed by atoms with Crippen LogP contribution in [-0.2, 0) is 16.1 Å². The highest BCUT2D eigenvalue weighted by Gasteiger charge is 2.42. The number of Topliss-reactive ketones (excluding diaryl/α,β-unsaturated/α-hetero) is 1. The molecule has 0 radical (unpaired) electrons. The molecule has 6 nitrogen and oxygen atoms in total. The fourth-order valence-electron chi connectivity index (χ4n) is 3.01. The van der Waals surface area contributed by atoms with Crippen molar-refractivity contribution in [2.24, 2.45) is 0 Å². The largest absolute Gasteiger partial charge is 0.503 e. The van der Waals surface area contributed by atoms with Gasteiger partial charge in [-0.15, -0.1) is 0 Å². The summed E-state index contributed by atoms with van der Waals surface area (Å²) in [5.74, 6) is -0.155. The van der Waals surface area contributed by atoms with E-state index in [4.69, 9.17) is 9.15 Å². The second-order valence-corrected chi connectivity index (χ2v) is 5.74. The fraction of sp³-hybridized carbons (Fsp3) is 0.263. The van der Waals surface area contributed by atoms with E-state index in [2.05, 4.69) is 0 Å². The van der Waals surface area contributed by atoms with E-state index in [0.717, 1.165) is 5.56 Å². The molecule has 1 aromatic heterocycles. The highest BCUT2D eigenvalue weighted by Crippen LogP contribution is 2.39. The average molecular weight is 341 g/mol. The van der Waals surface area contributed by atoms with Crippen LogP contribution in [0.15, 0.2) is 58.4 Å². The first-order chi connectivity index (χ1) is 12.0. The Balaban J connectivity index is 1.99. The lowest BCUT2D eigenvalue weighted by molar-refractivity contribution is -0.130. The lowest BCUT2D eigenvalue weighted by Crippen LogP contribution is -2.30. The molecule has 1 amide bonds. The van der Waals surface area contributed by atoms with Gasteiger partial charge in [-0.05, 0) is 43.7 Å². The molecule has 2 aromatic rings. The second-order valence-electron chi connectivity index (χ2n) is 5.74. The number of nitrogens with zero attached hydrogens (tertiary/aromatic N) is 1. The molecule has 1 aliphatic rings. The summed E-state index contributed by atoms with van der Waals surface area (Å²) in [4.78, 5) is 26.0. The van der Waals surface area contributed by atoms with Gasteiger partial charge < -0.3 is 19.2 Å². The number of hydrogen-bond acceptors (Lipinski definition) is 5. The van der Waals surface area contributed by atoms with Gasteiger partial charge in [0.15, 0.2) is 11.5 Å². The molecule has 25 heavy (non-hydrogen) atoms. The van der Waals surface area contributed by atoms with E-state index in [1.165, 1.54) is 18.1 Å². The van der Waals surface area contributed by atoms with Crippen LogP contribution in [0.25, 0.3) is 0 Å². The number of ether oxygens (including phenoxy) is 1. The minimum Gasteiger partial charge on any atom is -0.503 e. The Kier molecular flexibility index (Phi) is 4.61. The van der Waals surface area contributed by atoms with Crippen molar-refractivity contribution in [2.45, 2.75) is 26.4 Å². The molecule has 0 saturated carbocycles. The first-order valence-corrected chi connectivity index (χ1v) is 8.03. The number of amides is 1. The van der Waals surface area contributed by atoms with Gasteiger partial charge in [0.25, 0.3) is 5.91 Å². The highest BCUT2D eigenvalue weighted by molar-refractivity contribution is 6.08. The minimum atomic E-state index is -0.661. The summed E-state index contributed by atoms with van der Waals surface area (Å²) < 4.78 is 10.7. The van der Waals surface area contributed by atoms with Crippen molar-refractivity contribution in [1.29, 1.82) is 0 Å². The van der Waals surface area contributed by atoms with Crippen LogP contribution in [0.3, 0.4) is 0 Å². The van der Waals surface area contributed by atoms with E-state index in [1.54, 1.807) is 36.4 Å². The van der Waals surface area contributed by atoms with Crippen molar-refractivity contribution >= 4 is 11.7 Å². The lowest BCUT2D eigenvalue weighted by Gasteiger charge is -2.25. The number of aliphatic hydroxyl groups excluding tert-OH is 1. The maximum Gasteiger partial charge on any atom is 0.290 e. The summed E-state index contributed by atoms with van der Waals surface area (Å²) in [5.41, 5.74) is 0.818. The topological polar surface area (TPSA) is 80.0 Å². The predicted octanol–water partition coefficient (Wildman–Crippen LogP) is 3.16. The Morgan fingerprint density at radius 3 is 2.56 bits per heavy atom. The molecule has 1 unspecified atom stereocenters. The Hall–Kier alpha value is -3.02. The van der Waals surface area contributed by atoms with E-state index in [-0.39, 0.29) is 17.9 Å². The molecule has 6 heteroatoms. The zero-order valence-electron chi connectivity index (χ0n) is 14.1. The van der Waals surface area contributed by atoms with Crippen LogP contribution >= 0.6 is 0 Å². The monoisotopic (exact) mass is 341 g/mol. The molecule has 0 spiro atoms. The van der Waals surface area contributed by atoms with Gasteiger partial charge in [-0.3, -0.25) is 9.59 Å². The number of ketones is 1. The predicted molar refractivity (Wildman–Crippen MR) is 89.9 cm³/mol. The Morgan fingerprint density at radius 1 is 1.28 bits per heavy atom. The van der Waals surface area contributed by atoms with Crippen molar-refractivity contribution in [3.8, 4) is 5.75 Å². The smallest absolute Gasteiger partial charge is 0.290 e. The summed E-state index contributed by atoms with van der Waals surface area (Å²) in [5, 5.41) is 10.2. The number of carbonyl (C=O) groups excluding carboxylic acids is 2. The summed E-state index contributed by atoms with van der Waals surface area (Å²) >= 11 is 0. The Labute approximate surface area is 145 Å². The Morgan fingerprint density at radius 2 is 2.00 bits per heavy atom. The molecular weight excluding hydrogens is 322 g/mol. The molecule has 0 aliphatic carbocycles. The van der Waals surface area contributed by atoms with Gasteiger partial charge in [0.1, 0.15) is 11.5 Å². The van der Waals surface area contributed by atoms with Crippen LogP contribution in [0, 0.1) is 0 Å². The molecule has 0 fully saturated rings. The van der Waals surface area contributed by atoms with Gasteiger partial charge in [0.2, 0.25) is 0 Å². The van der Waals surface area contributed by atoms with Gasteiger partial charge in [-0.1, -0.05) is 12.1 Å². The third kappa shape index (κ3) is 3.15. The molecule has 0 saturated heterocycles. The van der Waals surface area contributed by atoms with Crippen molar-refractivity contribution in [3.63, 3.8) is 0 Å². The van der Waals surface area contributed by atoms with Gasteiger partial charge >= 0.3 is 0 Å². The average Bonchev–Trinajstić information content (AvgIpc) is 3.18. The van der Waals surface area contributed by atoms with Crippen LogP contribution in [0.2, 0.25) is 0 Å². The zero-order chi connectivity index (χ0) is 18.0. The van der Waals surface area contributed by atoms with Crippen LogP contribution in [0.5, 0.6) is 5.75 Å². The van der Waals surface area contributed by atoms with Crippen LogP contribution in [0.1, 0.15) is 31.2 Å². The molecule has 1 N–H and O–H groups in total. The van der Waals surface area contributed by atoms with Gasteiger partial charge in [-0.25, -0.2) is 0 Å². The van der Waals surface area contributed by atoms with Crippen molar-refractivity contribution < 1.29 is 23.8 Å². The number of aliphatic hydroxyl groups is 1. The molecular formula is C19H19NO5. The minimum absolute atomic E-state index is 0.0979. The molecule has 1 atom stereocenters. The van der Waals surface area contributed by atoms with Gasteiger partial charge in [-0.2, -0.15) is 0 Å². The fourth-order valence-corrected chi connectivity index (χ4v) is 3.01. The maximum absolute atomic E-state index is 12.5. The summed E-state index contributed by atoms with van der Waals surface area (Å²) in [6, 6.07) is 9.94. The number of benzene rings is 1. The molecule has 0 bridgehead atoms. The molecule has 3 rings (SSSR count). The van der Waals surface area contributed by atoms with Crippen molar-refractivity contribution in [2.75, 3.05) is 6.61 Å². The first kappa shape index (κ1) is 16.8. The van der Waals surface area contributed by atoms with E-state index in [1.807, 2.05) is 6.92 Å². The van der Waals surface area contributed by atoms with Crippen LogP contribution in [0.4, 0.5) is 0 Å². The highest BCUT2D eigenvalue weighted by atomic mass is 16.5. The summed E-state index contributed by atoms with van der Waals surface area (Å²) in [7, 11) is 0. The standard InChI is InChI=1S/C19H19NO5/c1-3-24-14-8-6-13(7-9-14)17-16(12(2)21)18(22)19(23)20(17)11-15-5-4-10-25-15/h4-10,17,22H,3,11H2,1-2H3. The van der Waals surface area contributed by atoms with Crippen molar-refractivity contribution in [1.82, 2.24) is 4.90 Å². The molecule has 130 valence electrons. The SMILES string of the molecule is CCOc1ccc(C2C(C(C)=O)=C(O)C(=O)N2Cc2ccco2)cc1. The molecule has 2 heterocycles. The van der Waals surface area contributed by atoms with Gasteiger partial charge in [0, 0.05) is 0 Å². The first-order valence-electron chi connectivity index (χ1n) is 8.03. The van der Waals surface area contributed by atoms with Gasteiger partial charge in [0.05, 0.1) is 31.0 Å². The number of carbonyl (C=O) groups is 2. The van der Waals surface area contributed by atoms with E-state index >= 15 is 0 Å². The number of rotatable bonds is 6. The van der Waals surface area contributed by atoms with E-state index in [9.17, 15) is 14.7 Å². The maximum atomic E-state index is 12.5. The van der Waals surface area contributed by atoms with Crippen LogP contribution in [-0.4, -0.2) is 28.3 Å². The van der Waals surface area contributed by atoms with Crippen molar-refractivity contribution in [3.05, 3.63) is 65.3 Å². The summed E-state index contributed by atoms with van der Waals surface area (Å²) in [6.07, 6.45) is 1.51.